The highest BCUT2D eigenvalue weighted by atomic mass is 19.4. The van der Waals surface area contributed by atoms with Crippen molar-refractivity contribution in [3.8, 4) is 0 Å². The first kappa shape index (κ1) is 63.7. The summed E-state index contributed by atoms with van der Waals surface area (Å²) in [5.41, 5.74) is -6.87. The largest absolute Gasteiger partial charge is 0.461 e. The zero-order valence-corrected chi connectivity index (χ0v) is 45.0. The highest BCUT2D eigenvalue weighted by molar-refractivity contribution is 5.94. The molecular formula is C58H72F6N4O10. The van der Waals surface area contributed by atoms with Crippen molar-refractivity contribution < 1.29 is 74.1 Å². The maximum absolute atomic E-state index is 14.8. The molecule has 0 unspecified atom stereocenters. The van der Waals surface area contributed by atoms with Crippen molar-refractivity contribution in [2.24, 2.45) is 11.8 Å². The summed E-state index contributed by atoms with van der Waals surface area (Å²) in [4.78, 5) is 84.5. The third-order valence-corrected chi connectivity index (χ3v) is 12.9. The predicted molar refractivity (Wildman–Crippen MR) is 279 cm³/mol. The van der Waals surface area contributed by atoms with Gasteiger partial charge in [0.25, 0.3) is 11.2 Å². The van der Waals surface area contributed by atoms with Crippen molar-refractivity contribution in [1.29, 1.82) is 0 Å². The van der Waals surface area contributed by atoms with E-state index in [9.17, 15) is 55.1 Å². The Balaban J connectivity index is 1.60. The van der Waals surface area contributed by atoms with Crippen LogP contribution in [0.5, 0.6) is 0 Å². The van der Waals surface area contributed by atoms with Crippen LogP contribution in [0.15, 0.2) is 121 Å². The number of amides is 4. The van der Waals surface area contributed by atoms with Gasteiger partial charge in [0.05, 0.1) is 12.5 Å². The van der Waals surface area contributed by atoms with Gasteiger partial charge in [0, 0.05) is 31.8 Å². The molecule has 0 saturated carbocycles. The van der Waals surface area contributed by atoms with Crippen LogP contribution in [-0.2, 0) is 71.8 Å². The third-order valence-electron chi connectivity index (χ3n) is 12.9. The minimum Gasteiger partial charge on any atom is -0.461 e. The molecule has 426 valence electrons. The predicted octanol–water partition coefficient (Wildman–Crippen LogP) is 9.14. The molecule has 14 nitrogen and oxygen atoms in total. The Labute approximate surface area is 452 Å². The lowest BCUT2D eigenvalue weighted by Gasteiger charge is -2.34. The molecule has 0 aliphatic heterocycles. The summed E-state index contributed by atoms with van der Waals surface area (Å²) in [7, 11) is 1.47. The quantitative estimate of drug-likeness (QED) is 0.0223. The Morgan fingerprint density at radius 3 is 1.37 bits per heavy atom. The lowest BCUT2D eigenvalue weighted by molar-refractivity contribution is -0.278. The van der Waals surface area contributed by atoms with Crippen LogP contribution in [0.2, 0.25) is 0 Å². The number of carbonyl (C=O) groups excluding carboxylic acids is 6. The number of esters is 2. The fourth-order valence-electron chi connectivity index (χ4n) is 8.93. The van der Waals surface area contributed by atoms with E-state index in [1.807, 2.05) is 6.92 Å². The average Bonchev–Trinajstić information content (AvgIpc) is 3.52. The molecule has 0 spiro atoms. The van der Waals surface area contributed by atoms with Gasteiger partial charge >= 0.3 is 24.3 Å². The molecule has 0 radical (unpaired) electrons. The van der Waals surface area contributed by atoms with Gasteiger partial charge in [0.1, 0.15) is 30.8 Å². The summed E-state index contributed by atoms with van der Waals surface area (Å²) in [5.74, 6) is -7.27. The SMILES string of the molecule is CCCCC[C@H](CC(=O)N[C@@H](CC(C)C)C(=O)N[C@H](Cc1ccccc1)C(=O)N[C@@H](CC(C)C)C(=O)N[C@H](COC(=O)[C@](OC)(c1ccccc1)C(F)(F)F)Cc1ccccc1)OC(=O)[C@@](OC)(c1ccccc1)C(F)(F)F. The van der Waals surface area contributed by atoms with Crippen molar-refractivity contribution in [2.45, 2.75) is 146 Å². The fourth-order valence-corrected chi connectivity index (χ4v) is 8.93. The highest BCUT2D eigenvalue weighted by Gasteiger charge is 2.65. The van der Waals surface area contributed by atoms with Crippen molar-refractivity contribution >= 4 is 35.6 Å². The summed E-state index contributed by atoms with van der Waals surface area (Å²) < 4.78 is 110. The summed E-state index contributed by atoms with van der Waals surface area (Å²) in [5, 5.41) is 10.9. The minimum atomic E-state index is -5.27. The van der Waals surface area contributed by atoms with E-state index in [1.54, 1.807) is 88.4 Å². The van der Waals surface area contributed by atoms with Crippen LogP contribution in [0, 0.1) is 11.8 Å². The molecule has 4 N–H and O–H groups in total. The number of hydrogen-bond acceptors (Lipinski definition) is 10. The third kappa shape index (κ3) is 17.6. The van der Waals surface area contributed by atoms with E-state index in [1.165, 1.54) is 36.4 Å². The standard InChI is InChI=1S/C58H72F6N4O10/c1-8-9-14-31-45(78-54(74)56(76-7,58(62,63)64)43-29-21-13-22-30-43)36-49(69)66-46(32-38(2)3)51(71)68-48(35-41-25-17-11-18-26-41)52(72)67-47(33-39(4)5)50(70)65-44(34-40-23-15-10-16-24-40)37-77-53(73)55(75-6,57(59,60)61)42-27-19-12-20-28-42/h10-13,15-30,38-39,44-48H,8-9,14,31-37H2,1-7H3,(H,65,70)(H,66,69)(H,67,72)(H,68,71)/t44-,45+,46-,47-,48+,55+,56-/m0/s1. The molecule has 0 aliphatic rings. The van der Waals surface area contributed by atoms with Gasteiger partial charge in [-0.1, -0.05) is 169 Å². The van der Waals surface area contributed by atoms with E-state index >= 15 is 0 Å². The summed E-state index contributed by atoms with van der Waals surface area (Å²) >= 11 is 0. The van der Waals surface area contributed by atoms with E-state index in [-0.39, 0.29) is 43.9 Å². The molecule has 4 amide bonds. The number of alkyl halides is 6. The van der Waals surface area contributed by atoms with Crippen molar-refractivity contribution in [3.63, 3.8) is 0 Å². The Morgan fingerprint density at radius 2 is 0.923 bits per heavy atom. The number of carbonyl (C=O) groups is 6. The molecule has 0 heterocycles. The first-order valence-corrected chi connectivity index (χ1v) is 25.9. The van der Waals surface area contributed by atoms with Crippen LogP contribution < -0.4 is 21.3 Å². The van der Waals surface area contributed by atoms with Gasteiger partial charge in [-0.25, -0.2) is 9.59 Å². The zero-order chi connectivity index (χ0) is 57.7. The molecule has 7 atom stereocenters. The summed E-state index contributed by atoms with van der Waals surface area (Å²) in [6.45, 7) is 8.25. The number of rotatable bonds is 30. The number of ether oxygens (including phenoxy) is 4. The van der Waals surface area contributed by atoms with Crippen LogP contribution in [-0.4, -0.2) is 99.0 Å². The molecule has 20 heteroatoms. The number of unbranched alkanes of at least 4 members (excludes halogenated alkanes) is 2. The topological polar surface area (TPSA) is 187 Å². The van der Waals surface area contributed by atoms with Crippen LogP contribution in [0.1, 0.15) is 102 Å². The first-order chi connectivity index (χ1) is 36.9. The van der Waals surface area contributed by atoms with Gasteiger partial charge in [0.2, 0.25) is 23.6 Å². The Bertz CT molecular complexity index is 2520. The van der Waals surface area contributed by atoms with Crippen LogP contribution in [0.3, 0.4) is 0 Å². The highest BCUT2D eigenvalue weighted by Crippen LogP contribution is 2.44. The lowest BCUT2D eigenvalue weighted by Crippen LogP contribution is -2.58. The molecule has 0 bridgehead atoms. The second-order valence-corrected chi connectivity index (χ2v) is 19.9. The number of hydrogen-bond donors (Lipinski definition) is 4. The van der Waals surface area contributed by atoms with E-state index in [0.717, 1.165) is 38.5 Å². The number of nitrogens with one attached hydrogen (secondary N) is 4. The van der Waals surface area contributed by atoms with Crippen LogP contribution >= 0.6 is 0 Å². The maximum Gasteiger partial charge on any atom is 0.432 e. The number of benzene rings is 4. The molecule has 0 aromatic heterocycles. The van der Waals surface area contributed by atoms with Gasteiger partial charge in [0.15, 0.2) is 0 Å². The second-order valence-electron chi connectivity index (χ2n) is 19.9. The van der Waals surface area contributed by atoms with Gasteiger partial charge in [-0.15, -0.1) is 0 Å². The Hall–Kier alpha value is -6.80. The second kappa shape index (κ2) is 29.8. The monoisotopic (exact) mass is 1100 g/mol. The van der Waals surface area contributed by atoms with E-state index in [0.29, 0.717) is 30.4 Å². The van der Waals surface area contributed by atoms with Crippen molar-refractivity contribution in [1.82, 2.24) is 21.3 Å². The summed E-state index contributed by atoms with van der Waals surface area (Å²) in [6.07, 6.45) is -10.9. The normalized spacial score (nSPS) is 15.3. The van der Waals surface area contributed by atoms with Crippen LogP contribution in [0.25, 0.3) is 0 Å². The van der Waals surface area contributed by atoms with E-state index in [2.05, 4.69) is 21.3 Å². The van der Waals surface area contributed by atoms with Crippen LogP contribution in [0.4, 0.5) is 26.3 Å². The Morgan fingerprint density at radius 1 is 0.513 bits per heavy atom. The van der Waals surface area contributed by atoms with E-state index in [4.69, 9.17) is 18.9 Å². The summed E-state index contributed by atoms with van der Waals surface area (Å²) in [6, 6.07) is 24.5. The Kier molecular flexibility index (Phi) is 24.4. The molecule has 0 saturated heterocycles. The molecule has 78 heavy (non-hydrogen) atoms. The van der Waals surface area contributed by atoms with Crippen molar-refractivity contribution in [2.75, 3.05) is 20.8 Å². The minimum absolute atomic E-state index is 0.00388. The van der Waals surface area contributed by atoms with Crippen molar-refractivity contribution in [3.05, 3.63) is 144 Å². The van der Waals surface area contributed by atoms with Gasteiger partial charge in [-0.2, -0.15) is 26.3 Å². The average molecular weight is 1100 g/mol. The maximum atomic E-state index is 14.8. The zero-order valence-electron chi connectivity index (χ0n) is 45.0. The molecular weight excluding hydrogens is 1030 g/mol. The van der Waals surface area contributed by atoms with Gasteiger partial charge in [-0.3, -0.25) is 19.2 Å². The van der Waals surface area contributed by atoms with Gasteiger partial charge in [-0.05, 0) is 55.1 Å². The van der Waals surface area contributed by atoms with Gasteiger partial charge < -0.3 is 40.2 Å². The molecule has 4 rings (SSSR count). The first-order valence-electron chi connectivity index (χ1n) is 25.9. The molecule has 0 aliphatic carbocycles. The smallest absolute Gasteiger partial charge is 0.432 e. The number of halogens is 6. The molecule has 4 aromatic carbocycles. The lowest BCUT2D eigenvalue weighted by atomic mass is 9.92. The fraction of sp³-hybridized carbons (Fsp3) is 0.483. The molecule has 4 aromatic rings. The van der Waals surface area contributed by atoms with E-state index < -0.39 is 114 Å². The number of methoxy groups -OCH3 is 2. The molecule has 0 fully saturated rings.